The predicted molar refractivity (Wildman–Crippen MR) is 69.9 cm³/mol. The van der Waals surface area contributed by atoms with Gasteiger partial charge in [-0.25, -0.2) is 0 Å². The van der Waals surface area contributed by atoms with Crippen molar-refractivity contribution in [3.8, 4) is 0 Å². The molecule has 0 spiro atoms. The van der Waals surface area contributed by atoms with Gasteiger partial charge in [-0.05, 0) is 11.1 Å². The van der Waals surface area contributed by atoms with Gasteiger partial charge >= 0.3 is 6.18 Å². The summed E-state index contributed by atoms with van der Waals surface area (Å²) in [7, 11) is 0. The summed E-state index contributed by atoms with van der Waals surface area (Å²) >= 11 is 0. The fourth-order valence-electron chi connectivity index (χ4n) is 1.83. The third-order valence-corrected chi connectivity index (χ3v) is 2.70. The maximum absolute atomic E-state index is 12.1. The molecular weight excluding hydrogens is 267 g/mol. The minimum absolute atomic E-state index is 0.445. The van der Waals surface area contributed by atoms with Crippen molar-refractivity contribution in [3.63, 3.8) is 0 Å². The first-order chi connectivity index (χ1) is 9.56. The Kier molecular flexibility index (Phi) is 4.76. The molecule has 0 radical (unpaired) electrons. The molecule has 0 aliphatic rings. The van der Waals surface area contributed by atoms with Crippen molar-refractivity contribution in [3.05, 3.63) is 71.8 Å². The van der Waals surface area contributed by atoms with Crippen LogP contribution in [0.1, 0.15) is 17.2 Å². The van der Waals surface area contributed by atoms with Crippen molar-refractivity contribution in [2.45, 2.75) is 12.2 Å². The van der Waals surface area contributed by atoms with E-state index in [0.29, 0.717) is 0 Å². The van der Waals surface area contributed by atoms with Gasteiger partial charge in [-0.1, -0.05) is 60.7 Å². The summed E-state index contributed by atoms with van der Waals surface area (Å²) in [4.78, 5) is 4.59. The molecule has 2 nitrogen and oxygen atoms in total. The first-order valence-electron chi connectivity index (χ1n) is 6.10. The smallest absolute Gasteiger partial charge is 0.291 e. The topological polar surface area (TPSA) is 21.3 Å². The third-order valence-electron chi connectivity index (χ3n) is 2.70. The highest BCUT2D eigenvalue weighted by Gasteiger charge is 2.28. The van der Waals surface area contributed by atoms with E-state index in [2.05, 4.69) is 10.3 Å². The Morgan fingerprint density at radius 2 is 1.30 bits per heavy atom. The van der Waals surface area contributed by atoms with Crippen molar-refractivity contribution in [1.82, 2.24) is 5.48 Å². The van der Waals surface area contributed by atoms with Crippen molar-refractivity contribution in [1.29, 1.82) is 0 Å². The largest absolute Gasteiger partial charge is 0.413 e. The van der Waals surface area contributed by atoms with Crippen LogP contribution in [-0.4, -0.2) is 12.8 Å². The number of rotatable bonds is 5. The van der Waals surface area contributed by atoms with E-state index in [1.165, 1.54) is 0 Å². The number of hydroxylamine groups is 1. The van der Waals surface area contributed by atoms with Gasteiger partial charge in [-0.3, -0.25) is 4.84 Å². The molecule has 1 N–H and O–H groups in total. The molecule has 0 fully saturated rings. The lowest BCUT2D eigenvalue weighted by Gasteiger charge is -2.20. The highest BCUT2D eigenvalue weighted by atomic mass is 19.4. The Bertz CT molecular complexity index is 474. The van der Waals surface area contributed by atoms with E-state index in [4.69, 9.17) is 0 Å². The molecule has 0 amide bonds. The first-order valence-corrected chi connectivity index (χ1v) is 6.10. The molecule has 0 atom stereocenters. The number of benzene rings is 2. The van der Waals surface area contributed by atoms with Crippen molar-refractivity contribution >= 4 is 0 Å². The highest BCUT2D eigenvalue weighted by molar-refractivity contribution is 5.30. The van der Waals surface area contributed by atoms with Crippen LogP contribution in [0.25, 0.3) is 0 Å². The normalized spacial score (nSPS) is 11.8. The SMILES string of the molecule is FC(F)(F)CONC(c1ccccc1)c1ccccc1. The Balaban J connectivity index is 2.13. The second-order valence-electron chi connectivity index (χ2n) is 4.28. The second-order valence-corrected chi connectivity index (χ2v) is 4.28. The van der Waals surface area contributed by atoms with Crippen LogP contribution in [0.15, 0.2) is 60.7 Å². The van der Waals surface area contributed by atoms with Gasteiger partial charge in [0.05, 0.1) is 6.04 Å². The van der Waals surface area contributed by atoms with Gasteiger partial charge in [0.2, 0.25) is 0 Å². The van der Waals surface area contributed by atoms with E-state index < -0.39 is 18.8 Å². The molecule has 0 saturated heterocycles. The van der Waals surface area contributed by atoms with Gasteiger partial charge in [0.15, 0.2) is 6.61 Å². The lowest BCUT2D eigenvalue weighted by Crippen LogP contribution is -2.28. The van der Waals surface area contributed by atoms with Gasteiger partial charge < -0.3 is 0 Å². The monoisotopic (exact) mass is 281 g/mol. The fourth-order valence-corrected chi connectivity index (χ4v) is 1.83. The van der Waals surface area contributed by atoms with Crippen LogP contribution < -0.4 is 5.48 Å². The van der Waals surface area contributed by atoms with Crippen LogP contribution in [0.4, 0.5) is 13.2 Å². The number of hydrogen-bond donors (Lipinski definition) is 1. The maximum atomic E-state index is 12.1. The minimum Gasteiger partial charge on any atom is -0.291 e. The lowest BCUT2D eigenvalue weighted by molar-refractivity contribution is -0.192. The first kappa shape index (κ1) is 14.6. The molecule has 0 bridgehead atoms. The summed E-state index contributed by atoms with van der Waals surface area (Å²) in [5.41, 5.74) is 4.16. The molecule has 0 aliphatic carbocycles. The van der Waals surface area contributed by atoms with E-state index in [9.17, 15) is 13.2 Å². The fraction of sp³-hybridized carbons (Fsp3) is 0.200. The standard InChI is InChI=1S/C15H14F3NO/c16-15(17,18)11-20-19-14(12-7-3-1-4-8-12)13-9-5-2-6-10-13/h1-10,14,19H,11H2. The Morgan fingerprint density at radius 3 is 1.70 bits per heavy atom. The van der Waals surface area contributed by atoms with Gasteiger partial charge in [-0.15, -0.1) is 0 Å². The van der Waals surface area contributed by atoms with Crippen LogP contribution in [0.3, 0.4) is 0 Å². The molecule has 0 unspecified atom stereocenters. The Labute approximate surface area is 115 Å². The van der Waals surface area contributed by atoms with Crippen molar-refractivity contribution in [2.75, 3.05) is 6.61 Å². The molecule has 0 saturated carbocycles. The molecule has 0 heterocycles. The molecule has 2 rings (SSSR count). The third kappa shape index (κ3) is 4.36. The summed E-state index contributed by atoms with van der Waals surface area (Å²) < 4.78 is 36.4. The number of alkyl halides is 3. The molecule has 5 heteroatoms. The summed E-state index contributed by atoms with van der Waals surface area (Å²) in [5.74, 6) is 0. The molecular formula is C15H14F3NO. The van der Waals surface area contributed by atoms with Gasteiger partial charge in [0.1, 0.15) is 0 Å². The van der Waals surface area contributed by atoms with Gasteiger partial charge in [0.25, 0.3) is 0 Å². The average molecular weight is 281 g/mol. The van der Waals surface area contributed by atoms with Crippen LogP contribution in [0.5, 0.6) is 0 Å². The van der Waals surface area contributed by atoms with E-state index >= 15 is 0 Å². The van der Waals surface area contributed by atoms with Gasteiger partial charge in [-0.2, -0.15) is 18.7 Å². The van der Waals surface area contributed by atoms with Crippen LogP contribution in [-0.2, 0) is 4.84 Å². The molecule has 2 aromatic rings. The van der Waals surface area contributed by atoms with Crippen LogP contribution in [0, 0.1) is 0 Å². The second kappa shape index (κ2) is 6.54. The number of hydrogen-bond acceptors (Lipinski definition) is 2. The van der Waals surface area contributed by atoms with Crippen molar-refractivity contribution < 1.29 is 18.0 Å². The molecule has 0 aromatic heterocycles. The zero-order chi connectivity index (χ0) is 14.4. The zero-order valence-electron chi connectivity index (χ0n) is 10.6. The number of halogens is 3. The quantitative estimate of drug-likeness (QED) is 0.840. The lowest BCUT2D eigenvalue weighted by atomic mass is 10.00. The molecule has 20 heavy (non-hydrogen) atoms. The van der Waals surface area contributed by atoms with E-state index in [1.807, 2.05) is 60.7 Å². The van der Waals surface area contributed by atoms with Crippen LogP contribution in [0.2, 0.25) is 0 Å². The van der Waals surface area contributed by atoms with E-state index in [1.54, 1.807) is 0 Å². The zero-order valence-corrected chi connectivity index (χ0v) is 10.6. The summed E-state index contributed by atoms with van der Waals surface area (Å²) in [6.07, 6.45) is -4.36. The molecule has 0 aliphatic heterocycles. The van der Waals surface area contributed by atoms with Crippen LogP contribution >= 0.6 is 0 Å². The number of nitrogens with one attached hydrogen (secondary N) is 1. The summed E-state index contributed by atoms with van der Waals surface area (Å²) in [6.45, 7) is -1.33. The summed E-state index contributed by atoms with van der Waals surface area (Å²) in [6, 6.07) is 17.9. The summed E-state index contributed by atoms with van der Waals surface area (Å²) in [5, 5.41) is 0. The highest BCUT2D eigenvalue weighted by Crippen LogP contribution is 2.22. The average Bonchev–Trinajstić information content (AvgIpc) is 2.44. The predicted octanol–water partition coefficient (Wildman–Crippen LogP) is 3.86. The Hall–Kier alpha value is -1.85. The Morgan fingerprint density at radius 1 is 0.850 bits per heavy atom. The molecule has 106 valence electrons. The van der Waals surface area contributed by atoms with E-state index in [-0.39, 0.29) is 0 Å². The molecule has 2 aromatic carbocycles. The van der Waals surface area contributed by atoms with E-state index in [0.717, 1.165) is 11.1 Å². The van der Waals surface area contributed by atoms with Crippen molar-refractivity contribution in [2.24, 2.45) is 0 Å². The van der Waals surface area contributed by atoms with Gasteiger partial charge in [0, 0.05) is 0 Å². The minimum atomic E-state index is -4.36. The maximum Gasteiger partial charge on any atom is 0.413 e.